The maximum atomic E-state index is 12.4. The Labute approximate surface area is 124 Å². The second-order valence-corrected chi connectivity index (χ2v) is 8.10. The number of aromatic nitrogens is 1. The second-order valence-electron chi connectivity index (χ2n) is 5.80. The zero-order valence-electron chi connectivity index (χ0n) is 12.3. The van der Waals surface area contributed by atoms with Gasteiger partial charge in [-0.15, -0.1) is 0 Å². The van der Waals surface area contributed by atoms with E-state index in [9.17, 15) is 18.0 Å². The van der Waals surface area contributed by atoms with Gasteiger partial charge in [0.15, 0.2) is 9.84 Å². The van der Waals surface area contributed by atoms with E-state index in [-0.39, 0.29) is 36.1 Å². The molecule has 0 aliphatic carbocycles. The Morgan fingerprint density at radius 3 is 2.48 bits per heavy atom. The third-order valence-corrected chi connectivity index (χ3v) is 5.02. The smallest absolute Gasteiger partial charge is 0.254 e. The normalized spacial score (nSPS) is 18.0. The number of amides is 1. The van der Waals surface area contributed by atoms with E-state index in [1.807, 2.05) is 13.8 Å². The van der Waals surface area contributed by atoms with Gasteiger partial charge >= 0.3 is 0 Å². The molecule has 1 aliphatic rings. The monoisotopic (exact) mass is 312 g/mol. The molecule has 21 heavy (non-hydrogen) atoms. The Balaban J connectivity index is 2.19. The summed E-state index contributed by atoms with van der Waals surface area (Å²) in [5.41, 5.74) is 0.750. The zero-order valence-corrected chi connectivity index (χ0v) is 13.1. The van der Waals surface area contributed by atoms with Crippen LogP contribution in [0.1, 0.15) is 29.9 Å². The van der Waals surface area contributed by atoms with Gasteiger partial charge in [0, 0.05) is 30.4 Å². The minimum atomic E-state index is -3.03. The van der Waals surface area contributed by atoms with Crippen LogP contribution < -0.4 is 5.56 Å². The number of carbonyl (C=O) groups excluding carboxylic acids is 1. The summed E-state index contributed by atoms with van der Waals surface area (Å²) in [4.78, 5) is 28.3. The van der Waals surface area contributed by atoms with Crippen molar-refractivity contribution >= 4 is 15.7 Å². The molecule has 1 amide bonds. The van der Waals surface area contributed by atoms with Gasteiger partial charge in [-0.3, -0.25) is 9.59 Å². The Kier molecular flexibility index (Phi) is 4.51. The number of aromatic amines is 1. The Morgan fingerprint density at radius 1 is 1.29 bits per heavy atom. The molecule has 0 bridgehead atoms. The largest absolute Gasteiger partial charge is 0.337 e. The minimum Gasteiger partial charge on any atom is -0.337 e. The summed E-state index contributed by atoms with van der Waals surface area (Å²) in [6.07, 6.45) is 0.685. The second kappa shape index (κ2) is 6.01. The maximum Gasteiger partial charge on any atom is 0.254 e. The number of pyridine rings is 1. The van der Waals surface area contributed by atoms with Crippen LogP contribution in [0.25, 0.3) is 0 Å². The molecule has 0 radical (unpaired) electrons. The van der Waals surface area contributed by atoms with Crippen molar-refractivity contribution in [3.05, 3.63) is 33.7 Å². The van der Waals surface area contributed by atoms with E-state index in [0.717, 1.165) is 5.69 Å². The number of hydrogen-bond donors (Lipinski definition) is 1. The molecule has 1 saturated heterocycles. The summed E-state index contributed by atoms with van der Waals surface area (Å²) < 4.78 is 22.8. The van der Waals surface area contributed by atoms with Gasteiger partial charge in [0.1, 0.15) is 0 Å². The van der Waals surface area contributed by atoms with E-state index in [1.54, 1.807) is 6.07 Å². The summed E-state index contributed by atoms with van der Waals surface area (Å²) >= 11 is 0. The van der Waals surface area contributed by atoms with Gasteiger partial charge in [0.2, 0.25) is 5.56 Å². The van der Waals surface area contributed by atoms with Crippen molar-refractivity contribution < 1.29 is 13.2 Å². The number of nitrogens with one attached hydrogen (secondary N) is 1. The summed E-state index contributed by atoms with van der Waals surface area (Å²) in [5.74, 6) is 0.0637. The summed E-state index contributed by atoms with van der Waals surface area (Å²) in [6.45, 7) is 4.44. The first kappa shape index (κ1) is 15.8. The lowest BCUT2D eigenvalue weighted by atomic mass is 10.1. The molecule has 0 aromatic carbocycles. The summed E-state index contributed by atoms with van der Waals surface area (Å²) in [6, 6.07) is 2.96. The lowest BCUT2D eigenvalue weighted by Crippen LogP contribution is -2.44. The molecule has 6 nitrogen and oxygen atoms in total. The van der Waals surface area contributed by atoms with E-state index in [4.69, 9.17) is 0 Å². The van der Waals surface area contributed by atoms with Crippen molar-refractivity contribution in [1.82, 2.24) is 9.88 Å². The first-order valence-corrected chi connectivity index (χ1v) is 8.82. The highest BCUT2D eigenvalue weighted by Gasteiger charge is 2.26. The highest BCUT2D eigenvalue weighted by atomic mass is 32.2. The van der Waals surface area contributed by atoms with Crippen LogP contribution in [0.4, 0.5) is 0 Å². The molecule has 2 rings (SSSR count). The lowest BCUT2D eigenvalue weighted by molar-refractivity contribution is 0.0770. The van der Waals surface area contributed by atoms with Crippen molar-refractivity contribution in [2.24, 2.45) is 5.92 Å². The first-order valence-electron chi connectivity index (χ1n) is 7.00. The van der Waals surface area contributed by atoms with E-state index in [1.165, 1.54) is 11.0 Å². The molecule has 0 atom stereocenters. The van der Waals surface area contributed by atoms with Gasteiger partial charge in [-0.25, -0.2) is 8.42 Å². The van der Waals surface area contributed by atoms with E-state index < -0.39 is 9.84 Å². The Bertz CT molecular complexity index is 677. The van der Waals surface area contributed by atoms with E-state index >= 15 is 0 Å². The highest BCUT2D eigenvalue weighted by Crippen LogP contribution is 2.11. The number of sulfone groups is 1. The predicted molar refractivity (Wildman–Crippen MR) is 80.2 cm³/mol. The van der Waals surface area contributed by atoms with Crippen LogP contribution in [0.2, 0.25) is 0 Å². The highest BCUT2D eigenvalue weighted by molar-refractivity contribution is 7.91. The number of rotatable bonds is 3. The van der Waals surface area contributed by atoms with E-state index in [2.05, 4.69) is 4.98 Å². The number of hydrogen-bond acceptors (Lipinski definition) is 4. The van der Waals surface area contributed by atoms with Gasteiger partial charge in [-0.1, -0.05) is 13.8 Å². The van der Waals surface area contributed by atoms with Crippen LogP contribution >= 0.6 is 0 Å². The van der Waals surface area contributed by atoms with Gasteiger partial charge in [-0.2, -0.15) is 0 Å². The average molecular weight is 312 g/mol. The molecule has 1 N–H and O–H groups in total. The SMILES string of the molecule is CC(C)Cc1cc(C(=O)N2CCS(=O)(=O)CC2)cc(=O)[nH]1. The van der Waals surface area contributed by atoms with Crippen LogP contribution in [0.15, 0.2) is 16.9 Å². The average Bonchev–Trinajstić information content (AvgIpc) is 2.36. The quantitative estimate of drug-likeness (QED) is 0.877. The van der Waals surface area contributed by atoms with Crippen LogP contribution in [0.5, 0.6) is 0 Å². The number of nitrogens with zero attached hydrogens (tertiary/aromatic N) is 1. The topological polar surface area (TPSA) is 87.3 Å². The zero-order chi connectivity index (χ0) is 15.6. The van der Waals surface area contributed by atoms with Crippen LogP contribution in [-0.2, 0) is 16.3 Å². The molecule has 116 valence electrons. The molecule has 1 fully saturated rings. The fourth-order valence-corrected chi connectivity index (χ4v) is 3.57. The molecule has 0 spiro atoms. The van der Waals surface area contributed by atoms with Gasteiger partial charge in [0.25, 0.3) is 5.91 Å². The molecule has 2 heterocycles. The summed E-state index contributed by atoms with van der Waals surface area (Å²) in [5, 5.41) is 0. The van der Waals surface area contributed by atoms with Gasteiger partial charge in [-0.05, 0) is 18.4 Å². The standard InChI is InChI=1S/C14H20N2O4S/c1-10(2)7-12-8-11(9-13(17)15-12)14(18)16-3-5-21(19,20)6-4-16/h8-10H,3-7H2,1-2H3,(H,15,17). The molecular formula is C14H20N2O4S. The van der Waals surface area contributed by atoms with Crippen molar-refractivity contribution in [1.29, 1.82) is 0 Å². The van der Waals surface area contributed by atoms with Gasteiger partial charge in [0.05, 0.1) is 11.5 Å². The third-order valence-electron chi connectivity index (χ3n) is 3.41. The van der Waals surface area contributed by atoms with E-state index in [0.29, 0.717) is 17.9 Å². The predicted octanol–water partition coefficient (Wildman–Crippen LogP) is 0.444. The first-order chi connectivity index (χ1) is 9.77. The molecule has 0 unspecified atom stereocenters. The molecule has 7 heteroatoms. The fourth-order valence-electron chi connectivity index (χ4n) is 2.37. The van der Waals surface area contributed by atoms with Crippen molar-refractivity contribution in [2.45, 2.75) is 20.3 Å². The Morgan fingerprint density at radius 2 is 1.90 bits per heavy atom. The molecule has 1 aliphatic heterocycles. The van der Waals surface area contributed by atoms with Crippen LogP contribution in [0.3, 0.4) is 0 Å². The van der Waals surface area contributed by atoms with Crippen molar-refractivity contribution in [3.8, 4) is 0 Å². The minimum absolute atomic E-state index is 0.0131. The lowest BCUT2D eigenvalue weighted by Gasteiger charge is -2.26. The third kappa shape index (κ3) is 4.17. The molecule has 1 aromatic heterocycles. The van der Waals surface area contributed by atoms with Crippen LogP contribution in [-0.4, -0.2) is 48.8 Å². The number of carbonyl (C=O) groups is 1. The van der Waals surface area contributed by atoms with Crippen molar-refractivity contribution in [2.75, 3.05) is 24.6 Å². The molecule has 1 aromatic rings. The summed E-state index contributed by atoms with van der Waals surface area (Å²) in [7, 11) is -3.03. The van der Waals surface area contributed by atoms with Crippen LogP contribution in [0, 0.1) is 5.92 Å². The van der Waals surface area contributed by atoms with Gasteiger partial charge < -0.3 is 9.88 Å². The fraction of sp³-hybridized carbons (Fsp3) is 0.571. The maximum absolute atomic E-state index is 12.4. The molecular weight excluding hydrogens is 292 g/mol. The molecule has 0 saturated carbocycles. The number of H-pyrrole nitrogens is 1. The Hall–Kier alpha value is -1.63. The van der Waals surface area contributed by atoms with Crippen molar-refractivity contribution in [3.63, 3.8) is 0 Å².